The van der Waals surface area contributed by atoms with Gasteiger partial charge in [0.2, 0.25) is 11.8 Å². The van der Waals surface area contributed by atoms with Gasteiger partial charge in [-0.05, 0) is 18.2 Å². The Balaban J connectivity index is 2.00. The van der Waals surface area contributed by atoms with E-state index in [0.29, 0.717) is 0 Å². The second kappa shape index (κ2) is 7.38. The lowest BCUT2D eigenvalue weighted by atomic mass is 10.2. The van der Waals surface area contributed by atoms with Crippen molar-refractivity contribution >= 4 is 23.5 Å². The lowest BCUT2D eigenvalue weighted by Crippen LogP contribution is -2.52. The predicted molar refractivity (Wildman–Crippen MR) is 79.4 cm³/mol. The fraction of sp³-hybridized carbons (Fsp3) is 0.357. The molecule has 1 heterocycles. The first kappa shape index (κ1) is 18.5. The summed E-state index contributed by atoms with van der Waals surface area (Å²) in [5, 5.41) is 18.3. The molecule has 0 radical (unpaired) electrons. The van der Waals surface area contributed by atoms with Gasteiger partial charge in [-0.2, -0.15) is 13.2 Å². The molecule has 0 spiro atoms. The number of amides is 4. The summed E-state index contributed by atoms with van der Waals surface area (Å²) in [6, 6.07) is 1.08. The molecular formula is C14H15F3N4O4. The molecule has 5 N–H and O–H groups in total. The molecule has 0 aromatic heterocycles. The Labute approximate surface area is 139 Å². The van der Waals surface area contributed by atoms with Crippen LogP contribution in [0.15, 0.2) is 24.3 Å². The van der Waals surface area contributed by atoms with E-state index in [9.17, 15) is 32.7 Å². The van der Waals surface area contributed by atoms with Crippen molar-refractivity contribution in [2.45, 2.75) is 18.3 Å². The maximum Gasteiger partial charge on any atom is 0.416 e. The standard InChI is InChI=1S/C14H15F3N4O4/c15-14(16,17)7-2-1-3-8(4-7)19-12(24)10(6-22)20-11(23)9-5-18-13(25)21-9/h1-4,9-10,22H,5-6H2,(H,19,24)(H,20,23)(H2,18,21,25)/t9?,10-/m0/s1. The number of urea groups is 1. The molecule has 0 bridgehead atoms. The monoisotopic (exact) mass is 360 g/mol. The highest BCUT2D eigenvalue weighted by Gasteiger charge is 2.32. The van der Waals surface area contributed by atoms with Gasteiger partial charge in [0.05, 0.1) is 12.2 Å². The van der Waals surface area contributed by atoms with E-state index in [0.717, 1.165) is 18.2 Å². The second-order valence-electron chi connectivity index (χ2n) is 5.22. The van der Waals surface area contributed by atoms with Crippen molar-refractivity contribution in [1.29, 1.82) is 0 Å². The number of benzene rings is 1. The van der Waals surface area contributed by atoms with Crippen LogP contribution < -0.4 is 21.3 Å². The van der Waals surface area contributed by atoms with E-state index in [1.54, 1.807) is 0 Å². The average Bonchev–Trinajstić information content (AvgIpc) is 2.98. The number of aliphatic hydroxyl groups is 1. The predicted octanol–water partition coefficient (Wildman–Crippen LogP) is -0.198. The van der Waals surface area contributed by atoms with Gasteiger partial charge < -0.3 is 26.4 Å². The van der Waals surface area contributed by atoms with Crippen LogP contribution in [0.25, 0.3) is 0 Å². The summed E-state index contributed by atoms with van der Waals surface area (Å²) in [6.07, 6.45) is -4.57. The first-order valence-electron chi connectivity index (χ1n) is 7.14. The van der Waals surface area contributed by atoms with Gasteiger partial charge in [0.1, 0.15) is 12.1 Å². The summed E-state index contributed by atoms with van der Waals surface area (Å²) in [5.74, 6) is -1.61. The number of alkyl halides is 3. The molecule has 4 amide bonds. The van der Waals surface area contributed by atoms with Gasteiger partial charge in [0, 0.05) is 12.2 Å². The zero-order valence-electron chi connectivity index (χ0n) is 12.7. The molecule has 8 nitrogen and oxygen atoms in total. The van der Waals surface area contributed by atoms with E-state index in [2.05, 4.69) is 21.3 Å². The molecule has 2 atom stereocenters. The normalized spacial score (nSPS) is 18.1. The Hall–Kier alpha value is -2.82. The number of rotatable bonds is 5. The summed E-state index contributed by atoms with van der Waals surface area (Å²) in [7, 11) is 0. The third-order valence-corrected chi connectivity index (χ3v) is 3.36. The van der Waals surface area contributed by atoms with Crippen molar-refractivity contribution in [3.05, 3.63) is 29.8 Å². The van der Waals surface area contributed by atoms with Crippen molar-refractivity contribution in [3.63, 3.8) is 0 Å². The molecule has 1 aromatic rings. The van der Waals surface area contributed by atoms with Crippen molar-refractivity contribution in [1.82, 2.24) is 16.0 Å². The van der Waals surface area contributed by atoms with Crippen molar-refractivity contribution in [2.24, 2.45) is 0 Å². The van der Waals surface area contributed by atoms with Crippen LogP contribution in [0.2, 0.25) is 0 Å². The van der Waals surface area contributed by atoms with Crippen LogP contribution >= 0.6 is 0 Å². The Bertz CT molecular complexity index is 680. The Morgan fingerprint density at radius 3 is 2.64 bits per heavy atom. The first-order chi connectivity index (χ1) is 11.7. The number of hydrogen-bond donors (Lipinski definition) is 5. The van der Waals surface area contributed by atoms with Crippen LogP contribution in [0.4, 0.5) is 23.7 Å². The van der Waals surface area contributed by atoms with Gasteiger partial charge in [0.25, 0.3) is 0 Å². The molecule has 136 valence electrons. The molecule has 2 rings (SSSR count). The van der Waals surface area contributed by atoms with Crippen LogP contribution in [0.1, 0.15) is 5.56 Å². The lowest BCUT2D eigenvalue weighted by molar-refractivity contribution is -0.137. The smallest absolute Gasteiger partial charge is 0.394 e. The number of hydrogen-bond acceptors (Lipinski definition) is 4. The van der Waals surface area contributed by atoms with Gasteiger partial charge >= 0.3 is 12.2 Å². The molecule has 1 aromatic carbocycles. The van der Waals surface area contributed by atoms with E-state index in [1.165, 1.54) is 6.07 Å². The molecule has 1 fully saturated rings. The van der Waals surface area contributed by atoms with E-state index >= 15 is 0 Å². The van der Waals surface area contributed by atoms with Crippen molar-refractivity contribution in [2.75, 3.05) is 18.5 Å². The number of anilines is 1. The highest BCUT2D eigenvalue weighted by Crippen LogP contribution is 2.30. The lowest BCUT2D eigenvalue weighted by Gasteiger charge is -2.18. The molecule has 1 aliphatic rings. The zero-order chi connectivity index (χ0) is 18.6. The van der Waals surface area contributed by atoms with Gasteiger partial charge in [-0.3, -0.25) is 9.59 Å². The van der Waals surface area contributed by atoms with E-state index in [1.807, 2.05) is 0 Å². The van der Waals surface area contributed by atoms with Crippen LogP contribution in [0, 0.1) is 0 Å². The molecule has 1 unspecified atom stereocenters. The van der Waals surface area contributed by atoms with E-state index < -0.39 is 48.3 Å². The maximum absolute atomic E-state index is 12.7. The first-order valence-corrected chi connectivity index (χ1v) is 7.14. The highest BCUT2D eigenvalue weighted by molar-refractivity contribution is 5.99. The molecule has 25 heavy (non-hydrogen) atoms. The Kier molecular flexibility index (Phi) is 5.47. The third kappa shape index (κ3) is 4.83. The summed E-state index contributed by atoms with van der Waals surface area (Å²) in [4.78, 5) is 34.9. The number of carbonyl (C=O) groups is 3. The number of carbonyl (C=O) groups excluding carboxylic acids is 3. The molecule has 1 saturated heterocycles. The van der Waals surface area contributed by atoms with Crippen molar-refractivity contribution < 1.29 is 32.7 Å². The van der Waals surface area contributed by atoms with E-state index in [4.69, 9.17) is 0 Å². The molecule has 11 heteroatoms. The van der Waals surface area contributed by atoms with Gasteiger partial charge in [-0.25, -0.2) is 4.79 Å². The highest BCUT2D eigenvalue weighted by atomic mass is 19.4. The van der Waals surface area contributed by atoms with Crippen LogP contribution in [0.3, 0.4) is 0 Å². The van der Waals surface area contributed by atoms with Crippen LogP contribution in [0.5, 0.6) is 0 Å². The summed E-state index contributed by atoms with van der Waals surface area (Å²) in [6.45, 7) is -0.761. The molecule has 0 aliphatic carbocycles. The summed E-state index contributed by atoms with van der Waals surface area (Å²) < 4.78 is 38.0. The largest absolute Gasteiger partial charge is 0.416 e. The number of halogens is 3. The second-order valence-corrected chi connectivity index (χ2v) is 5.22. The molecule has 1 aliphatic heterocycles. The third-order valence-electron chi connectivity index (χ3n) is 3.36. The van der Waals surface area contributed by atoms with Crippen molar-refractivity contribution in [3.8, 4) is 0 Å². The Morgan fingerprint density at radius 1 is 1.36 bits per heavy atom. The van der Waals surface area contributed by atoms with Crippen LogP contribution in [-0.2, 0) is 15.8 Å². The topological polar surface area (TPSA) is 120 Å². The SMILES string of the molecule is O=C1NCC(C(=O)N[C@@H](CO)C(=O)Nc2cccc(C(F)(F)F)c2)N1. The van der Waals surface area contributed by atoms with Gasteiger partial charge in [-0.15, -0.1) is 0 Å². The van der Waals surface area contributed by atoms with E-state index in [-0.39, 0.29) is 12.2 Å². The van der Waals surface area contributed by atoms with Gasteiger partial charge in [-0.1, -0.05) is 6.07 Å². The summed E-state index contributed by atoms with van der Waals surface area (Å²) in [5.41, 5.74) is -1.09. The minimum atomic E-state index is -4.57. The fourth-order valence-corrected chi connectivity index (χ4v) is 2.08. The minimum absolute atomic E-state index is 0.0120. The summed E-state index contributed by atoms with van der Waals surface area (Å²) >= 11 is 0. The quantitative estimate of drug-likeness (QED) is 0.500. The maximum atomic E-state index is 12.7. The molecule has 0 saturated carbocycles. The van der Waals surface area contributed by atoms with Crippen LogP contribution in [-0.4, -0.2) is 48.2 Å². The Morgan fingerprint density at radius 2 is 2.08 bits per heavy atom. The number of aliphatic hydroxyl groups excluding tert-OH is 1. The minimum Gasteiger partial charge on any atom is -0.394 e. The molecular weight excluding hydrogens is 345 g/mol. The zero-order valence-corrected chi connectivity index (χ0v) is 12.7. The average molecular weight is 360 g/mol. The van der Waals surface area contributed by atoms with Gasteiger partial charge in [0.15, 0.2) is 0 Å². The fourth-order valence-electron chi connectivity index (χ4n) is 2.08. The number of nitrogens with one attached hydrogen (secondary N) is 4.